The highest BCUT2D eigenvalue weighted by molar-refractivity contribution is 6.30. The van der Waals surface area contributed by atoms with Crippen LogP contribution in [-0.2, 0) is 6.54 Å². The Morgan fingerprint density at radius 2 is 1.79 bits per heavy atom. The first-order valence-electron chi connectivity index (χ1n) is 8.99. The van der Waals surface area contributed by atoms with E-state index in [2.05, 4.69) is 5.32 Å². The van der Waals surface area contributed by atoms with Crippen molar-refractivity contribution in [1.82, 2.24) is 4.90 Å². The topological polar surface area (TPSA) is 50.8 Å². The van der Waals surface area contributed by atoms with Crippen molar-refractivity contribution in [2.45, 2.75) is 12.7 Å². The minimum Gasteiger partial charge on any atom is -0.454 e. The van der Waals surface area contributed by atoms with Crippen LogP contribution in [0.2, 0.25) is 5.02 Å². The molecule has 1 amide bonds. The summed E-state index contributed by atoms with van der Waals surface area (Å²) >= 11 is 6.05. The molecule has 0 aliphatic carbocycles. The molecule has 0 saturated heterocycles. The van der Waals surface area contributed by atoms with Crippen LogP contribution >= 0.6 is 11.6 Å². The molecule has 0 fully saturated rings. The second-order valence-corrected chi connectivity index (χ2v) is 7.20. The van der Waals surface area contributed by atoms with Crippen LogP contribution in [0, 0.1) is 0 Å². The van der Waals surface area contributed by atoms with Crippen LogP contribution in [-0.4, -0.2) is 17.6 Å². The summed E-state index contributed by atoms with van der Waals surface area (Å²) in [4.78, 5) is 15.1. The van der Waals surface area contributed by atoms with Crippen molar-refractivity contribution in [3.8, 4) is 11.5 Å². The lowest BCUT2D eigenvalue weighted by Gasteiger charge is -2.38. The first-order valence-corrected chi connectivity index (χ1v) is 9.37. The molecule has 28 heavy (non-hydrogen) atoms. The molecule has 0 saturated carbocycles. The zero-order chi connectivity index (χ0) is 19.1. The Bertz CT molecular complexity index is 1050. The number of ether oxygens (including phenoxy) is 2. The number of carbonyl (C=O) groups excluding carboxylic acids is 1. The molecule has 2 heterocycles. The third-order valence-electron chi connectivity index (χ3n) is 5.00. The molecule has 3 aromatic rings. The van der Waals surface area contributed by atoms with Crippen molar-refractivity contribution in [2.24, 2.45) is 0 Å². The highest BCUT2D eigenvalue weighted by Gasteiger charge is 2.33. The lowest BCUT2D eigenvalue weighted by molar-refractivity contribution is 0.0666. The molecule has 0 bridgehead atoms. The van der Waals surface area contributed by atoms with Crippen molar-refractivity contribution in [3.05, 3.63) is 88.4 Å². The maximum atomic E-state index is 13.3. The number of amides is 1. The van der Waals surface area contributed by atoms with Gasteiger partial charge >= 0.3 is 0 Å². The van der Waals surface area contributed by atoms with E-state index >= 15 is 0 Å². The molecule has 6 heteroatoms. The van der Waals surface area contributed by atoms with Crippen LogP contribution in [0.4, 0.5) is 5.69 Å². The number of nitrogens with one attached hydrogen (secondary N) is 1. The van der Waals surface area contributed by atoms with Gasteiger partial charge in [-0.3, -0.25) is 4.79 Å². The average molecular weight is 393 g/mol. The van der Waals surface area contributed by atoms with Crippen molar-refractivity contribution in [1.29, 1.82) is 0 Å². The van der Waals surface area contributed by atoms with Crippen molar-refractivity contribution in [3.63, 3.8) is 0 Å². The molecule has 5 rings (SSSR count). The van der Waals surface area contributed by atoms with Gasteiger partial charge in [-0.15, -0.1) is 0 Å². The summed E-state index contributed by atoms with van der Waals surface area (Å²) in [6.45, 7) is 0.661. The third kappa shape index (κ3) is 2.94. The number of rotatable bonds is 3. The Morgan fingerprint density at radius 1 is 1.00 bits per heavy atom. The second-order valence-electron chi connectivity index (χ2n) is 6.76. The molecule has 5 nitrogen and oxygen atoms in total. The number of benzene rings is 3. The number of para-hydroxylation sites is 1. The van der Waals surface area contributed by atoms with E-state index in [-0.39, 0.29) is 18.9 Å². The Morgan fingerprint density at radius 3 is 2.64 bits per heavy atom. The molecule has 1 N–H and O–H groups in total. The van der Waals surface area contributed by atoms with E-state index < -0.39 is 0 Å². The molecule has 3 aromatic carbocycles. The molecular formula is C22H17ClN2O3. The lowest BCUT2D eigenvalue weighted by atomic mass is 10.0. The zero-order valence-corrected chi connectivity index (χ0v) is 15.6. The Labute approximate surface area is 167 Å². The molecule has 2 aliphatic rings. The highest BCUT2D eigenvalue weighted by Crippen LogP contribution is 2.37. The molecule has 0 aromatic heterocycles. The SMILES string of the molecule is O=C1c2ccccc2N[C@@H](c2ccc(Cl)cc2)N1Cc1ccc2c(c1)OCO2. The second kappa shape index (κ2) is 6.77. The number of fused-ring (bicyclic) bond motifs is 2. The van der Waals surface area contributed by atoms with E-state index in [1.807, 2.05) is 71.6 Å². The Kier molecular flexibility index (Phi) is 4.10. The van der Waals surface area contributed by atoms with Gasteiger partial charge in [0.25, 0.3) is 5.91 Å². The summed E-state index contributed by atoms with van der Waals surface area (Å²) in [5, 5.41) is 4.15. The highest BCUT2D eigenvalue weighted by atomic mass is 35.5. The predicted molar refractivity (Wildman–Crippen MR) is 107 cm³/mol. The summed E-state index contributed by atoms with van der Waals surface area (Å²) in [6.07, 6.45) is -0.301. The standard InChI is InChI=1S/C22H17ClN2O3/c23-16-8-6-15(7-9-16)21-24-18-4-2-1-3-17(18)22(26)25(21)12-14-5-10-19-20(11-14)28-13-27-19/h1-11,21,24H,12-13H2/t21-/m1/s1. The average Bonchev–Trinajstić information content (AvgIpc) is 3.18. The van der Waals surface area contributed by atoms with E-state index in [4.69, 9.17) is 21.1 Å². The summed E-state index contributed by atoms with van der Waals surface area (Å²) < 4.78 is 10.9. The van der Waals surface area contributed by atoms with Crippen LogP contribution in [0.1, 0.15) is 27.7 Å². The molecule has 0 radical (unpaired) electrons. The van der Waals surface area contributed by atoms with E-state index in [1.165, 1.54) is 0 Å². The summed E-state index contributed by atoms with van der Waals surface area (Å²) in [6, 6.07) is 20.9. The largest absolute Gasteiger partial charge is 0.454 e. The van der Waals surface area contributed by atoms with Crippen molar-refractivity contribution >= 4 is 23.2 Å². The van der Waals surface area contributed by atoms with E-state index in [0.717, 1.165) is 22.6 Å². The fourth-order valence-corrected chi connectivity index (χ4v) is 3.73. The van der Waals surface area contributed by atoms with E-state index in [1.54, 1.807) is 0 Å². The summed E-state index contributed by atoms with van der Waals surface area (Å²) in [5.74, 6) is 1.41. The van der Waals surface area contributed by atoms with Crippen LogP contribution in [0.15, 0.2) is 66.7 Å². The monoisotopic (exact) mass is 392 g/mol. The third-order valence-corrected chi connectivity index (χ3v) is 5.25. The van der Waals surface area contributed by atoms with Gasteiger partial charge in [-0.1, -0.05) is 41.9 Å². The van der Waals surface area contributed by atoms with Gasteiger partial charge in [0, 0.05) is 17.3 Å². The Balaban J connectivity index is 1.53. The quantitative estimate of drug-likeness (QED) is 0.693. The first kappa shape index (κ1) is 17.0. The van der Waals surface area contributed by atoms with Gasteiger partial charge in [0.15, 0.2) is 11.5 Å². The van der Waals surface area contributed by atoms with Gasteiger partial charge in [0.2, 0.25) is 6.79 Å². The normalized spacial score (nSPS) is 17.2. The van der Waals surface area contributed by atoms with Gasteiger partial charge < -0.3 is 19.7 Å². The first-order chi connectivity index (χ1) is 13.7. The molecule has 0 unspecified atom stereocenters. The van der Waals surface area contributed by atoms with Crippen LogP contribution < -0.4 is 14.8 Å². The summed E-state index contributed by atoms with van der Waals surface area (Å²) in [7, 11) is 0. The van der Waals surface area contributed by atoms with E-state index in [9.17, 15) is 4.79 Å². The van der Waals surface area contributed by atoms with Gasteiger partial charge in [0.05, 0.1) is 5.56 Å². The number of carbonyl (C=O) groups is 1. The van der Waals surface area contributed by atoms with Gasteiger partial charge in [-0.25, -0.2) is 0 Å². The smallest absolute Gasteiger partial charge is 0.258 e. The maximum Gasteiger partial charge on any atom is 0.258 e. The van der Waals surface area contributed by atoms with Gasteiger partial charge in [-0.05, 0) is 47.5 Å². The van der Waals surface area contributed by atoms with Crippen LogP contribution in [0.3, 0.4) is 0 Å². The summed E-state index contributed by atoms with van der Waals surface area (Å²) in [5.41, 5.74) is 3.42. The van der Waals surface area contributed by atoms with Gasteiger partial charge in [-0.2, -0.15) is 0 Å². The predicted octanol–water partition coefficient (Wildman–Crippen LogP) is 4.84. The van der Waals surface area contributed by atoms with Gasteiger partial charge in [0.1, 0.15) is 6.17 Å². The number of anilines is 1. The molecule has 1 atom stereocenters. The molecule has 2 aliphatic heterocycles. The fraction of sp³-hybridized carbons (Fsp3) is 0.136. The van der Waals surface area contributed by atoms with E-state index in [0.29, 0.717) is 22.9 Å². The minimum absolute atomic E-state index is 0.0213. The molecular weight excluding hydrogens is 376 g/mol. The number of hydrogen-bond donors (Lipinski definition) is 1. The number of hydrogen-bond acceptors (Lipinski definition) is 4. The number of halogens is 1. The fourth-order valence-electron chi connectivity index (χ4n) is 3.60. The zero-order valence-electron chi connectivity index (χ0n) is 14.9. The minimum atomic E-state index is -0.301. The number of nitrogens with zero attached hydrogens (tertiary/aromatic N) is 1. The maximum absolute atomic E-state index is 13.3. The van der Waals surface area contributed by atoms with Crippen LogP contribution in [0.25, 0.3) is 0 Å². The van der Waals surface area contributed by atoms with Crippen molar-refractivity contribution in [2.75, 3.05) is 12.1 Å². The van der Waals surface area contributed by atoms with Crippen LogP contribution in [0.5, 0.6) is 11.5 Å². The molecule has 140 valence electrons. The van der Waals surface area contributed by atoms with Crippen molar-refractivity contribution < 1.29 is 14.3 Å². The lowest BCUT2D eigenvalue weighted by Crippen LogP contribution is -2.42. The molecule has 0 spiro atoms. The Hall–Kier alpha value is -3.18.